The molecule has 1 N–H and O–H groups in total. The topological polar surface area (TPSA) is 63.6 Å². The van der Waals surface area contributed by atoms with Crippen molar-refractivity contribution in [3.8, 4) is 0 Å². The molecule has 0 spiro atoms. The molecule has 1 rings (SSSR count). The van der Waals surface area contributed by atoms with Crippen molar-refractivity contribution in [3.63, 3.8) is 0 Å². The van der Waals surface area contributed by atoms with E-state index in [4.69, 9.17) is 9.42 Å². The zero-order valence-electron chi connectivity index (χ0n) is 10.1. The number of hydrogen-bond donors (Lipinski definition) is 1. The molecule has 2 unspecified atom stereocenters. The SMILES string of the molecule is CC(C(=O)C(C)(C)O[PH](=O)O)c1ccccc1. The van der Waals surface area contributed by atoms with Crippen LogP contribution in [0.4, 0.5) is 0 Å². The normalized spacial score (nSPS) is 15.3. The minimum absolute atomic E-state index is 0.212. The van der Waals surface area contributed by atoms with Crippen molar-refractivity contribution in [2.75, 3.05) is 0 Å². The maximum Gasteiger partial charge on any atom is 0.317 e. The highest BCUT2D eigenvalue weighted by Gasteiger charge is 2.34. The number of Topliss-reactive ketones (excluding diaryl/α,β-unsaturated/α-hetero) is 1. The van der Waals surface area contributed by atoms with E-state index in [2.05, 4.69) is 0 Å². The van der Waals surface area contributed by atoms with Crippen molar-refractivity contribution in [1.82, 2.24) is 0 Å². The molecule has 0 radical (unpaired) electrons. The van der Waals surface area contributed by atoms with Gasteiger partial charge in [0.05, 0.1) is 0 Å². The van der Waals surface area contributed by atoms with Crippen LogP contribution in [-0.2, 0) is 13.9 Å². The summed E-state index contributed by atoms with van der Waals surface area (Å²) in [4.78, 5) is 20.9. The quantitative estimate of drug-likeness (QED) is 0.822. The largest absolute Gasteiger partial charge is 0.326 e. The van der Waals surface area contributed by atoms with Crippen LogP contribution in [0.15, 0.2) is 30.3 Å². The Labute approximate surface area is 102 Å². The third-order valence-electron chi connectivity index (χ3n) is 2.63. The number of ketones is 1. The van der Waals surface area contributed by atoms with Gasteiger partial charge in [0, 0.05) is 5.92 Å². The first-order valence-electron chi connectivity index (χ1n) is 5.36. The van der Waals surface area contributed by atoms with Crippen LogP contribution in [0.2, 0.25) is 0 Å². The minimum atomic E-state index is -3.12. The fourth-order valence-electron chi connectivity index (χ4n) is 1.68. The maximum absolute atomic E-state index is 12.1. The summed E-state index contributed by atoms with van der Waals surface area (Å²) in [6.45, 7) is 4.78. The fraction of sp³-hybridized carbons (Fsp3) is 0.417. The lowest BCUT2D eigenvalue weighted by Gasteiger charge is -2.25. The molecule has 0 aliphatic rings. The average molecular weight is 256 g/mol. The molecule has 0 saturated carbocycles. The number of hydrogen-bond acceptors (Lipinski definition) is 3. The van der Waals surface area contributed by atoms with Crippen LogP contribution in [0.3, 0.4) is 0 Å². The molecule has 2 atom stereocenters. The van der Waals surface area contributed by atoms with E-state index >= 15 is 0 Å². The minimum Gasteiger partial charge on any atom is -0.326 e. The maximum atomic E-state index is 12.1. The number of carbonyl (C=O) groups is 1. The van der Waals surface area contributed by atoms with E-state index < -0.39 is 13.9 Å². The average Bonchev–Trinajstić information content (AvgIpc) is 2.26. The highest BCUT2D eigenvalue weighted by molar-refractivity contribution is 7.32. The lowest BCUT2D eigenvalue weighted by molar-refractivity contribution is -0.133. The van der Waals surface area contributed by atoms with Crippen LogP contribution < -0.4 is 0 Å². The molecule has 0 aromatic heterocycles. The van der Waals surface area contributed by atoms with Gasteiger partial charge in [-0.3, -0.25) is 13.9 Å². The van der Waals surface area contributed by atoms with Crippen molar-refractivity contribution in [2.45, 2.75) is 32.3 Å². The zero-order chi connectivity index (χ0) is 13.1. The molecule has 0 heterocycles. The predicted molar refractivity (Wildman–Crippen MR) is 66.2 cm³/mol. The first-order chi connectivity index (χ1) is 7.84. The van der Waals surface area contributed by atoms with Crippen molar-refractivity contribution in [3.05, 3.63) is 35.9 Å². The lowest BCUT2D eigenvalue weighted by Crippen LogP contribution is -2.36. The molecule has 0 aliphatic heterocycles. The van der Waals surface area contributed by atoms with Gasteiger partial charge in [-0.1, -0.05) is 37.3 Å². The van der Waals surface area contributed by atoms with Crippen LogP contribution in [0, 0.1) is 0 Å². The third-order valence-corrected chi connectivity index (χ3v) is 3.31. The molecular formula is C12H17O4P. The van der Waals surface area contributed by atoms with Crippen LogP contribution in [0.5, 0.6) is 0 Å². The molecule has 17 heavy (non-hydrogen) atoms. The van der Waals surface area contributed by atoms with Gasteiger partial charge in [0.2, 0.25) is 0 Å². The monoisotopic (exact) mass is 256 g/mol. The van der Waals surface area contributed by atoms with Gasteiger partial charge in [0.25, 0.3) is 0 Å². The summed E-state index contributed by atoms with van der Waals surface area (Å²) >= 11 is 0. The number of rotatable bonds is 5. The first kappa shape index (κ1) is 14.1. The standard InChI is InChI=1S/C12H17O4P/c1-9(10-7-5-4-6-8-10)11(13)12(2,3)16-17(14)15/h4-9,17H,1-3H3,(H,14,15). The first-order valence-corrected chi connectivity index (χ1v) is 6.62. The van der Waals surface area contributed by atoms with E-state index in [0.717, 1.165) is 5.56 Å². The molecule has 0 aliphatic carbocycles. The third kappa shape index (κ3) is 3.77. The van der Waals surface area contributed by atoms with E-state index in [1.54, 1.807) is 6.92 Å². The summed E-state index contributed by atoms with van der Waals surface area (Å²) in [6.07, 6.45) is 0. The molecule has 1 aromatic carbocycles. The van der Waals surface area contributed by atoms with Gasteiger partial charge in [-0.2, -0.15) is 0 Å². The Morgan fingerprint density at radius 2 is 1.88 bits per heavy atom. The van der Waals surface area contributed by atoms with Crippen molar-refractivity contribution >= 4 is 14.0 Å². The number of carbonyl (C=O) groups excluding carboxylic acids is 1. The van der Waals surface area contributed by atoms with E-state index in [9.17, 15) is 9.36 Å². The molecule has 94 valence electrons. The molecule has 0 amide bonds. The Bertz CT molecular complexity index is 414. The molecule has 0 bridgehead atoms. The van der Waals surface area contributed by atoms with Crippen LogP contribution >= 0.6 is 8.25 Å². The highest BCUT2D eigenvalue weighted by Crippen LogP contribution is 2.31. The lowest BCUT2D eigenvalue weighted by atomic mass is 9.88. The van der Waals surface area contributed by atoms with Gasteiger partial charge in [-0.25, -0.2) is 0 Å². The van der Waals surface area contributed by atoms with E-state index in [0.29, 0.717) is 0 Å². The van der Waals surface area contributed by atoms with E-state index in [-0.39, 0.29) is 11.7 Å². The summed E-state index contributed by atoms with van der Waals surface area (Å²) in [7, 11) is -3.12. The molecule has 0 saturated heterocycles. The van der Waals surface area contributed by atoms with E-state index in [1.807, 2.05) is 30.3 Å². The predicted octanol–water partition coefficient (Wildman–Crippen LogP) is 2.54. The molecular weight excluding hydrogens is 239 g/mol. The summed E-state index contributed by atoms with van der Waals surface area (Å²) in [5, 5.41) is 0. The Hall–Kier alpha value is -0.960. The fourth-order valence-corrected chi connectivity index (χ4v) is 2.22. The second kappa shape index (κ2) is 5.58. The number of benzene rings is 1. The molecule has 5 heteroatoms. The van der Waals surface area contributed by atoms with Gasteiger partial charge < -0.3 is 4.89 Å². The smallest absolute Gasteiger partial charge is 0.317 e. The zero-order valence-corrected chi connectivity index (χ0v) is 11.1. The van der Waals surface area contributed by atoms with E-state index in [1.165, 1.54) is 13.8 Å². The van der Waals surface area contributed by atoms with Crippen molar-refractivity contribution in [2.24, 2.45) is 0 Å². The van der Waals surface area contributed by atoms with Crippen molar-refractivity contribution in [1.29, 1.82) is 0 Å². The Balaban J connectivity index is 2.86. The van der Waals surface area contributed by atoms with Crippen molar-refractivity contribution < 1.29 is 18.8 Å². The Morgan fingerprint density at radius 1 is 1.35 bits per heavy atom. The molecule has 1 aromatic rings. The van der Waals surface area contributed by atoms with Gasteiger partial charge in [-0.15, -0.1) is 0 Å². The second-order valence-corrected chi connectivity index (χ2v) is 5.11. The van der Waals surface area contributed by atoms with Crippen LogP contribution in [0.1, 0.15) is 32.3 Å². The Kier molecular flexibility index (Phi) is 4.63. The summed E-state index contributed by atoms with van der Waals surface area (Å²) in [5.74, 6) is -0.580. The highest BCUT2D eigenvalue weighted by atomic mass is 31.1. The van der Waals surface area contributed by atoms with Gasteiger partial charge in [0.15, 0.2) is 5.78 Å². The van der Waals surface area contributed by atoms with Crippen LogP contribution in [-0.4, -0.2) is 16.3 Å². The summed E-state index contributed by atoms with van der Waals surface area (Å²) in [5.41, 5.74) is -0.383. The Morgan fingerprint density at radius 3 is 2.35 bits per heavy atom. The van der Waals surface area contributed by atoms with Crippen LogP contribution in [0.25, 0.3) is 0 Å². The van der Waals surface area contributed by atoms with Gasteiger partial charge in [-0.05, 0) is 19.4 Å². The van der Waals surface area contributed by atoms with Gasteiger partial charge in [0.1, 0.15) is 5.60 Å². The summed E-state index contributed by atoms with van der Waals surface area (Å²) < 4.78 is 15.5. The molecule has 4 nitrogen and oxygen atoms in total. The summed E-state index contributed by atoms with van der Waals surface area (Å²) in [6, 6.07) is 9.26. The molecule has 0 fully saturated rings. The van der Waals surface area contributed by atoms with Gasteiger partial charge >= 0.3 is 8.25 Å². The second-order valence-electron chi connectivity index (χ2n) is 4.37.